The molecule has 98 valence electrons. The van der Waals surface area contributed by atoms with E-state index in [0.29, 0.717) is 32.2 Å². The molecule has 2 heterocycles. The number of hydrogen-bond acceptors (Lipinski definition) is 4. The third kappa shape index (κ3) is 1.86. The summed E-state index contributed by atoms with van der Waals surface area (Å²) >= 11 is 7.12. The van der Waals surface area contributed by atoms with Gasteiger partial charge in [0.15, 0.2) is 0 Å². The van der Waals surface area contributed by atoms with Crippen LogP contribution in [-0.4, -0.2) is 9.78 Å². The number of nitrogens with zero attached hydrogens (tertiary/aromatic N) is 2. The molecule has 0 fully saturated rings. The molecule has 0 saturated heterocycles. The molecule has 0 spiro atoms. The van der Waals surface area contributed by atoms with Crippen LogP contribution < -0.4 is 11.3 Å². The fourth-order valence-electron chi connectivity index (χ4n) is 1.94. The van der Waals surface area contributed by atoms with Crippen LogP contribution >= 0.6 is 22.9 Å². The summed E-state index contributed by atoms with van der Waals surface area (Å²) < 4.78 is 1.25. The molecule has 2 N–H and O–H groups in total. The molecule has 1 aromatic carbocycles. The van der Waals surface area contributed by atoms with Crippen molar-refractivity contribution in [3.63, 3.8) is 0 Å². The highest BCUT2D eigenvalue weighted by Gasteiger charge is 2.14. The van der Waals surface area contributed by atoms with E-state index in [1.807, 2.05) is 0 Å². The summed E-state index contributed by atoms with van der Waals surface area (Å²) in [6.07, 6.45) is 5.46. The average Bonchev–Trinajstić information content (AvgIpc) is 2.83. The van der Waals surface area contributed by atoms with Crippen molar-refractivity contribution in [1.82, 2.24) is 9.78 Å². The van der Waals surface area contributed by atoms with Crippen LogP contribution in [0.4, 0.5) is 5.00 Å². The lowest BCUT2D eigenvalue weighted by atomic mass is 10.2. The van der Waals surface area contributed by atoms with Gasteiger partial charge in [0.25, 0.3) is 5.56 Å². The molecule has 0 bridgehead atoms. The van der Waals surface area contributed by atoms with Gasteiger partial charge in [-0.1, -0.05) is 11.6 Å². The number of anilines is 1. The number of terminal acetylenes is 1. The Balaban J connectivity index is 2.40. The number of aromatic nitrogens is 2. The lowest BCUT2D eigenvalue weighted by Gasteiger charge is -2.06. The molecule has 3 aromatic rings. The largest absolute Gasteiger partial charge is 0.390 e. The molecule has 0 amide bonds. The quantitative estimate of drug-likeness (QED) is 0.703. The summed E-state index contributed by atoms with van der Waals surface area (Å²) in [5, 5.41) is 8.00. The highest BCUT2D eigenvalue weighted by Crippen LogP contribution is 2.27. The minimum atomic E-state index is -0.292. The molecule has 0 saturated carbocycles. The van der Waals surface area contributed by atoms with Crippen LogP contribution in [-0.2, 0) is 0 Å². The maximum absolute atomic E-state index is 12.5. The lowest BCUT2D eigenvalue weighted by Crippen LogP contribution is -2.22. The fourth-order valence-corrected chi connectivity index (χ4v) is 2.85. The normalized spacial score (nSPS) is 10.6. The summed E-state index contributed by atoms with van der Waals surface area (Å²) in [5.74, 6) is 2.49. The van der Waals surface area contributed by atoms with Crippen molar-refractivity contribution in [2.24, 2.45) is 0 Å². The molecule has 0 atom stereocenters. The van der Waals surface area contributed by atoms with Crippen molar-refractivity contribution >= 4 is 38.7 Å². The van der Waals surface area contributed by atoms with Crippen molar-refractivity contribution in [3.05, 3.63) is 50.7 Å². The summed E-state index contributed by atoms with van der Waals surface area (Å²) in [5.41, 5.74) is 6.55. The Hall–Kier alpha value is -2.29. The second kappa shape index (κ2) is 4.67. The zero-order chi connectivity index (χ0) is 14.3. The number of halogens is 1. The average molecular weight is 302 g/mol. The zero-order valence-electron chi connectivity index (χ0n) is 10.1. The molecule has 3 rings (SSSR count). The first-order chi connectivity index (χ1) is 9.61. The van der Waals surface area contributed by atoms with Gasteiger partial charge in [0.1, 0.15) is 5.69 Å². The number of thiophene rings is 1. The predicted octanol–water partition coefficient (Wildman–Crippen LogP) is 2.66. The molecule has 0 unspecified atom stereocenters. The second-order valence-corrected chi connectivity index (χ2v) is 5.42. The van der Waals surface area contributed by atoms with E-state index in [9.17, 15) is 4.79 Å². The fraction of sp³-hybridized carbons (Fsp3) is 0. The smallest absolute Gasteiger partial charge is 0.282 e. The standard InChI is InChI=1S/C14H8ClN3OS/c1-2-11-10-7-20-13(16)12(10)14(19)18(17-11)9-5-3-8(15)4-6-9/h1,3-7H,16H2. The second-order valence-electron chi connectivity index (χ2n) is 4.07. The third-order valence-corrected chi connectivity index (χ3v) is 3.95. The molecular weight excluding hydrogens is 294 g/mol. The van der Waals surface area contributed by atoms with E-state index in [0.717, 1.165) is 0 Å². The highest BCUT2D eigenvalue weighted by molar-refractivity contribution is 7.15. The first kappa shape index (κ1) is 12.7. The Morgan fingerprint density at radius 1 is 1.35 bits per heavy atom. The van der Waals surface area contributed by atoms with Crippen molar-refractivity contribution < 1.29 is 0 Å². The van der Waals surface area contributed by atoms with Crippen molar-refractivity contribution in [1.29, 1.82) is 0 Å². The minimum Gasteiger partial charge on any atom is -0.390 e. The Morgan fingerprint density at radius 2 is 2.05 bits per heavy atom. The lowest BCUT2D eigenvalue weighted by molar-refractivity contribution is 0.815. The van der Waals surface area contributed by atoms with Gasteiger partial charge in [0, 0.05) is 15.8 Å². The van der Waals surface area contributed by atoms with E-state index in [4.69, 9.17) is 23.8 Å². The van der Waals surface area contributed by atoms with Crippen LogP contribution in [0.2, 0.25) is 5.02 Å². The van der Waals surface area contributed by atoms with Gasteiger partial charge in [0.05, 0.1) is 16.1 Å². The number of fused-ring (bicyclic) bond motifs is 1. The van der Waals surface area contributed by atoms with Gasteiger partial charge in [-0.3, -0.25) is 4.79 Å². The van der Waals surface area contributed by atoms with Crippen molar-refractivity contribution in [2.75, 3.05) is 5.73 Å². The number of nitrogens with two attached hydrogens (primary N) is 1. The maximum Gasteiger partial charge on any atom is 0.282 e. The molecule has 0 aliphatic rings. The Bertz CT molecular complexity index is 903. The van der Waals surface area contributed by atoms with Gasteiger partial charge in [-0.25, -0.2) is 0 Å². The summed E-state index contributed by atoms with van der Waals surface area (Å²) in [7, 11) is 0. The molecule has 0 radical (unpaired) electrons. The van der Waals surface area contributed by atoms with E-state index in [-0.39, 0.29) is 5.56 Å². The van der Waals surface area contributed by atoms with Gasteiger partial charge >= 0.3 is 0 Å². The Kier molecular flexibility index (Phi) is 2.97. The Labute approximate surface area is 123 Å². The van der Waals surface area contributed by atoms with Gasteiger partial charge in [0.2, 0.25) is 0 Å². The van der Waals surface area contributed by atoms with E-state index in [1.165, 1.54) is 16.0 Å². The molecule has 0 aliphatic heterocycles. The number of rotatable bonds is 1. The van der Waals surface area contributed by atoms with Gasteiger partial charge in [-0.15, -0.1) is 17.8 Å². The number of hydrogen-bond donors (Lipinski definition) is 1. The molecule has 4 nitrogen and oxygen atoms in total. The van der Waals surface area contributed by atoms with E-state index in [2.05, 4.69) is 11.0 Å². The van der Waals surface area contributed by atoms with Crippen molar-refractivity contribution in [3.8, 4) is 18.0 Å². The van der Waals surface area contributed by atoms with Crippen LogP contribution in [0.15, 0.2) is 34.4 Å². The molecule has 20 heavy (non-hydrogen) atoms. The third-order valence-electron chi connectivity index (χ3n) is 2.89. The predicted molar refractivity (Wildman–Crippen MR) is 82.6 cm³/mol. The Morgan fingerprint density at radius 3 is 2.70 bits per heavy atom. The molecule has 2 aromatic heterocycles. The van der Waals surface area contributed by atoms with E-state index >= 15 is 0 Å². The SMILES string of the molecule is C#Cc1nn(-c2ccc(Cl)cc2)c(=O)c2c(N)scc12. The van der Waals surface area contributed by atoms with E-state index in [1.54, 1.807) is 29.6 Å². The highest BCUT2D eigenvalue weighted by atomic mass is 35.5. The monoisotopic (exact) mass is 301 g/mol. The van der Waals surface area contributed by atoms with Crippen LogP contribution in [0.25, 0.3) is 16.5 Å². The summed E-state index contributed by atoms with van der Waals surface area (Å²) in [6, 6.07) is 6.76. The van der Waals surface area contributed by atoms with Crippen LogP contribution in [0.1, 0.15) is 5.69 Å². The first-order valence-corrected chi connectivity index (χ1v) is 6.90. The van der Waals surface area contributed by atoms with Crippen LogP contribution in [0.3, 0.4) is 0 Å². The van der Waals surface area contributed by atoms with Crippen molar-refractivity contribution in [2.45, 2.75) is 0 Å². The van der Waals surface area contributed by atoms with Crippen LogP contribution in [0.5, 0.6) is 0 Å². The molecular formula is C14H8ClN3OS. The molecule has 0 aliphatic carbocycles. The zero-order valence-corrected chi connectivity index (χ0v) is 11.7. The van der Waals surface area contributed by atoms with Gasteiger partial charge in [-0.2, -0.15) is 9.78 Å². The number of nitrogen functional groups attached to an aromatic ring is 1. The minimum absolute atomic E-state index is 0.292. The number of benzene rings is 1. The molecule has 6 heteroatoms. The summed E-state index contributed by atoms with van der Waals surface area (Å²) in [4.78, 5) is 12.5. The summed E-state index contributed by atoms with van der Waals surface area (Å²) in [6.45, 7) is 0. The van der Waals surface area contributed by atoms with E-state index < -0.39 is 0 Å². The van der Waals surface area contributed by atoms with Gasteiger partial charge in [-0.05, 0) is 30.2 Å². The maximum atomic E-state index is 12.5. The first-order valence-electron chi connectivity index (χ1n) is 5.64. The topological polar surface area (TPSA) is 60.9 Å². The van der Waals surface area contributed by atoms with Gasteiger partial charge < -0.3 is 5.73 Å². The van der Waals surface area contributed by atoms with Crippen LogP contribution in [0, 0.1) is 12.3 Å².